The van der Waals surface area contributed by atoms with E-state index in [0.717, 1.165) is 12.0 Å². The van der Waals surface area contributed by atoms with Crippen LogP contribution in [0.5, 0.6) is 11.5 Å². The summed E-state index contributed by atoms with van der Waals surface area (Å²) in [5.41, 5.74) is 0.723. The lowest BCUT2D eigenvalue weighted by Crippen LogP contribution is -2.54. The monoisotopic (exact) mass is 406 g/mol. The molecule has 8 nitrogen and oxygen atoms in total. The molecule has 0 aliphatic heterocycles. The zero-order valence-electron chi connectivity index (χ0n) is 18.2. The molecule has 0 aliphatic rings. The van der Waals surface area contributed by atoms with Gasteiger partial charge in [0.25, 0.3) is 0 Å². The second kappa shape index (κ2) is 11.9. The highest BCUT2D eigenvalue weighted by Crippen LogP contribution is 2.27. The van der Waals surface area contributed by atoms with E-state index in [9.17, 15) is 9.59 Å². The highest BCUT2D eigenvalue weighted by molar-refractivity contribution is 5.98. The first-order valence-electron chi connectivity index (χ1n) is 9.85. The molecule has 0 aliphatic carbocycles. The number of ether oxygens (including phenoxy) is 2. The summed E-state index contributed by atoms with van der Waals surface area (Å²) in [5, 5.41) is 16.3. The van der Waals surface area contributed by atoms with Gasteiger partial charge >= 0.3 is 0 Å². The molecule has 0 saturated carbocycles. The van der Waals surface area contributed by atoms with E-state index in [4.69, 9.17) is 14.9 Å². The Labute approximate surface area is 173 Å². The average Bonchev–Trinajstić information content (AvgIpc) is 2.69. The molecule has 0 heterocycles. The van der Waals surface area contributed by atoms with E-state index in [1.54, 1.807) is 25.3 Å². The Balaban J connectivity index is 2.70. The SMILES string of the molecule is CC[C@@H](C)[C@@H](NC(=N)NC(=O)Cc1ccc(OC)c(OC)c1)C(=O)NCC(C)C. The lowest BCUT2D eigenvalue weighted by Gasteiger charge is -2.25. The van der Waals surface area contributed by atoms with Crippen molar-refractivity contribution < 1.29 is 19.1 Å². The van der Waals surface area contributed by atoms with Crippen molar-refractivity contribution in [1.29, 1.82) is 5.41 Å². The van der Waals surface area contributed by atoms with Gasteiger partial charge in [-0.2, -0.15) is 0 Å². The molecule has 0 saturated heterocycles. The first-order chi connectivity index (χ1) is 13.7. The summed E-state index contributed by atoms with van der Waals surface area (Å²) in [4.78, 5) is 24.8. The summed E-state index contributed by atoms with van der Waals surface area (Å²) >= 11 is 0. The van der Waals surface area contributed by atoms with Crippen LogP contribution in [0.3, 0.4) is 0 Å². The van der Waals surface area contributed by atoms with E-state index in [1.807, 2.05) is 27.7 Å². The summed E-state index contributed by atoms with van der Waals surface area (Å²) in [6.45, 7) is 8.51. The lowest BCUT2D eigenvalue weighted by molar-refractivity contribution is -0.124. The maximum absolute atomic E-state index is 12.5. The molecule has 0 aromatic heterocycles. The van der Waals surface area contributed by atoms with Crippen molar-refractivity contribution in [1.82, 2.24) is 16.0 Å². The van der Waals surface area contributed by atoms with Crippen molar-refractivity contribution >= 4 is 17.8 Å². The fraction of sp³-hybridized carbons (Fsp3) is 0.571. The Kier molecular flexibility index (Phi) is 9.99. The molecule has 1 aromatic carbocycles. The summed E-state index contributed by atoms with van der Waals surface area (Å²) in [5.74, 6) is 0.717. The van der Waals surface area contributed by atoms with E-state index in [1.165, 1.54) is 7.11 Å². The largest absolute Gasteiger partial charge is 0.493 e. The smallest absolute Gasteiger partial charge is 0.242 e. The van der Waals surface area contributed by atoms with E-state index >= 15 is 0 Å². The number of hydrogen-bond donors (Lipinski definition) is 4. The molecule has 8 heteroatoms. The molecule has 0 fully saturated rings. The van der Waals surface area contributed by atoms with Gasteiger partial charge in [-0.25, -0.2) is 0 Å². The lowest BCUT2D eigenvalue weighted by atomic mass is 9.98. The molecular formula is C21H34N4O4. The van der Waals surface area contributed by atoms with Crippen LogP contribution >= 0.6 is 0 Å². The van der Waals surface area contributed by atoms with Crippen LogP contribution in [0.2, 0.25) is 0 Å². The van der Waals surface area contributed by atoms with E-state index in [-0.39, 0.29) is 30.1 Å². The van der Waals surface area contributed by atoms with Gasteiger partial charge in [-0.15, -0.1) is 0 Å². The molecule has 0 radical (unpaired) electrons. The fourth-order valence-corrected chi connectivity index (χ4v) is 2.67. The summed E-state index contributed by atoms with van der Waals surface area (Å²) < 4.78 is 10.4. The zero-order valence-corrected chi connectivity index (χ0v) is 18.2. The Hall–Kier alpha value is -2.77. The highest BCUT2D eigenvalue weighted by atomic mass is 16.5. The number of benzene rings is 1. The van der Waals surface area contributed by atoms with Gasteiger partial charge in [-0.05, 0) is 29.5 Å². The highest BCUT2D eigenvalue weighted by Gasteiger charge is 2.25. The number of methoxy groups -OCH3 is 2. The predicted molar refractivity (Wildman–Crippen MR) is 113 cm³/mol. The molecule has 4 N–H and O–H groups in total. The van der Waals surface area contributed by atoms with Crippen LogP contribution in [-0.2, 0) is 16.0 Å². The van der Waals surface area contributed by atoms with Gasteiger partial charge < -0.3 is 20.1 Å². The maximum atomic E-state index is 12.5. The molecule has 2 atom stereocenters. The molecule has 29 heavy (non-hydrogen) atoms. The Morgan fingerprint density at radius 3 is 2.31 bits per heavy atom. The molecule has 162 valence electrons. The number of nitrogens with one attached hydrogen (secondary N) is 4. The molecular weight excluding hydrogens is 372 g/mol. The standard InChI is InChI=1S/C21H34N4O4/c1-7-14(4)19(20(27)23-12-13(2)3)25-21(22)24-18(26)11-15-8-9-16(28-5)17(10-15)29-6/h8-10,13-14,19H,7,11-12H2,1-6H3,(H,23,27)(H3,22,24,25,26)/t14-,19-/m1/s1. The fourth-order valence-electron chi connectivity index (χ4n) is 2.67. The van der Waals surface area contributed by atoms with Crippen LogP contribution in [0.1, 0.15) is 39.7 Å². The van der Waals surface area contributed by atoms with Crippen molar-refractivity contribution in [2.24, 2.45) is 11.8 Å². The normalized spacial score (nSPS) is 12.7. The number of hydrogen-bond acceptors (Lipinski definition) is 5. The molecule has 0 bridgehead atoms. The first-order valence-corrected chi connectivity index (χ1v) is 9.85. The molecule has 1 rings (SSSR count). The zero-order chi connectivity index (χ0) is 22.0. The number of rotatable bonds is 10. The molecule has 0 spiro atoms. The minimum Gasteiger partial charge on any atom is -0.493 e. The molecule has 0 unspecified atom stereocenters. The second-order valence-electron chi connectivity index (χ2n) is 7.44. The number of carbonyl (C=O) groups is 2. The Morgan fingerprint density at radius 1 is 1.10 bits per heavy atom. The van der Waals surface area contributed by atoms with Gasteiger partial charge in [0.2, 0.25) is 11.8 Å². The van der Waals surface area contributed by atoms with Gasteiger partial charge in [-0.3, -0.25) is 20.3 Å². The molecule has 2 amide bonds. The minimum atomic E-state index is -0.590. The van der Waals surface area contributed by atoms with Gasteiger partial charge in [0.15, 0.2) is 17.5 Å². The van der Waals surface area contributed by atoms with Crippen molar-refractivity contribution in [2.45, 2.75) is 46.6 Å². The van der Waals surface area contributed by atoms with Crippen molar-refractivity contribution in [3.05, 3.63) is 23.8 Å². The van der Waals surface area contributed by atoms with Crippen molar-refractivity contribution in [3.63, 3.8) is 0 Å². The first kappa shape index (κ1) is 24.3. The van der Waals surface area contributed by atoms with E-state index in [0.29, 0.717) is 24.0 Å². The number of carbonyl (C=O) groups excluding carboxylic acids is 2. The van der Waals surface area contributed by atoms with Gasteiger partial charge in [-0.1, -0.05) is 40.2 Å². The summed E-state index contributed by atoms with van der Waals surface area (Å²) in [6, 6.07) is 4.62. The topological polar surface area (TPSA) is 113 Å². The van der Waals surface area contributed by atoms with Crippen LogP contribution < -0.4 is 25.4 Å². The molecule has 1 aromatic rings. The van der Waals surface area contributed by atoms with Gasteiger partial charge in [0.1, 0.15) is 6.04 Å². The van der Waals surface area contributed by atoms with Crippen molar-refractivity contribution in [3.8, 4) is 11.5 Å². The maximum Gasteiger partial charge on any atom is 0.242 e. The average molecular weight is 407 g/mol. The predicted octanol–water partition coefficient (Wildman–Crippen LogP) is 2.07. The Bertz CT molecular complexity index is 706. The van der Waals surface area contributed by atoms with Gasteiger partial charge in [0.05, 0.1) is 20.6 Å². The van der Waals surface area contributed by atoms with Crippen LogP contribution in [0.15, 0.2) is 18.2 Å². The quantitative estimate of drug-likeness (QED) is 0.351. The van der Waals surface area contributed by atoms with Gasteiger partial charge in [0, 0.05) is 6.54 Å². The Morgan fingerprint density at radius 2 is 1.76 bits per heavy atom. The van der Waals surface area contributed by atoms with Crippen LogP contribution in [0.25, 0.3) is 0 Å². The minimum absolute atomic E-state index is 0.00487. The van der Waals surface area contributed by atoms with Crippen LogP contribution in [-0.4, -0.2) is 44.6 Å². The van der Waals surface area contributed by atoms with Crippen LogP contribution in [0, 0.1) is 17.2 Å². The third kappa shape index (κ3) is 8.01. The number of guanidine groups is 1. The number of amides is 2. The second-order valence-corrected chi connectivity index (χ2v) is 7.44. The van der Waals surface area contributed by atoms with Crippen molar-refractivity contribution in [2.75, 3.05) is 20.8 Å². The van der Waals surface area contributed by atoms with E-state index in [2.05, 4.69) is 16.0 Å². The third-order valence-electron chi connectivity index (χ3n) is 4.56. The van der Waals surface area contributed by atoms with Crippen LogP contribution in [0.4, 0.5) is 0 Å². The van der Waals surface area contributed by atoms with E-state index < -0.39 is 6.04 Å². The third-order valence-corrected chi connectivity index (χ3v) is 4.56. The summed E-state index contributed by atoms with van der Waals surface area (Å²) in [6.07, 6.45) is 0.831. The summed E-state index contributed by atoms with van der Waals surface area (Å²) in [7, 11) is 3.07.